The van der Waals surface area contributed by atoms with E-state index in [1.807, 2.05) is 24.3 Å². The first-order valence-electron chi connectivity index (χ1n) is 20.4. The highest BCUT2D eigenvalue weighted by molar-refractivity contribution is 9.10. The number of esters is 2. The maximum absolute atomic E-state index is 13.8. The lowest BCUT2D eigenvalue weighted by atomic mass is 10.1. The van der Waals surface area contributed by atoms with E-state index in [4.69, 9.17) is 24.7 Å². The Morgan fingerprint density at radius 3 is 1.63 bits per heavy atom. The Morgan fingerprint density at radius 2 is 1.18 bits per heavy atom. The fourth-order valence-electron chi connectivity index (χ4n) is 6.01. The van der Waals surface area contributed by atoms with E-state index in [9.17, 15) is 28.6 Å². The number of carbonyl (C=O) groups is 2. The molecule has 0 bridgehead atoms. The number of nitrogens with zero attached hydrogens (tertiary/aromatic N) is 6. The third-order valence-corrected chi connectivity index (χ3v) is 9.76. The summed E-state index contributed by atoms with van der Waals surface area (Å²) in [5.74, 6) is 7.77. The van der Waals surface area contributed by atoms with Gasteiger partial charge >= 0.3 is 11.9 Å². The summed E-state index contributed by atoms with van der Waals surface area (Å²) in [5.41, 5.74) is -0.313. The van der Waals surface area contributed by atoms with Gasteiger partial charge in [0, 0.05) is 44.1 Å². The highest BCUT2D eigenvalue weighted by atomic mass is 79.9. The van der Waals surface area contributed by atoms with E-state index >= 15 is 0 Å². The molecule has 4 aromatic heterocycles. The molecule has 0 spiro atoms. The second-order valence-electron chi connectivity index (χ2n) is 14.7. The summed E-state index contributed by atoms with van der Waals surface area (Å²) in [6.07, 6.45) is 8.07. The van der Waals surface area contributed by atoms with Crippen molar-refractivity contribution in [3.63, 3.8) is 0 Å². The van der Waals surface area contributed by atoms with Gasteiger partial charge in [0.25, 0.3) is 0 Å². The number of hydrogen-bond donors (Lipinski definition) is 2. The molecule has 0 fully saturated rings. The van der Waals surface area contributed by atoms with E-state index in [2.05, 4.69) is 63.6 Å². The van der Waals surface area contributed by atoms with Crippen LogP contribution < -0.4 is 0 Å². The molecule has 0 aliphatic carbocycles. The summed E-state index contributed by atoms with van der Waals surface area (Å²) < 4.78 is 48.8. The monoisotopic (exact) mass is 970 g/mol. The van der Waals surface area contributed by atoms with Crippen molar-refractivity contribution >= 4 is 49.7 Å². The van der Waals surface area contributed by atoms with Crippen LogP contribution in [0.5, 0.6) is 0 Å². The SMILES string of the molecule is C#C[C@](C)(O)c1ncc(C)o1.CCOC(=O)c1nc(-c2cccc(Br)c2)nc2cc(F)ccc12.CCOC(=O)c1nc(-c2cccc(C#C[C@](C)(O)c3ncc(C)o3)c2)nc2cc(F)ccc12. The van der Waals surface area contributed by atoms with E-state index in [-0.39, 0.29) is 47.7 Å². The highest BCUT2D eigenvalue weighted by Gasteiger charge is 2.27. The molecule has 8 rings (SSSR count). The molecule has 0 aliphatic heterocycles. The maximum atomic E-state index is 13.8. The van der Waals surface area contributed by atoms with Crippen LogP contribution in [0.2, 0.25) is 0 Å². The lowest BCUT2D eigenvalue weighted by molar-refractivity contribution is 0.0512. The number of benzene rings is 4. The molecule has 0 saturated carbocycles. The Labute approximate surface area is 391 Å². The maximum Gasteiger partial charge on any atom is 0.357 e. The molecular weight excluding hydrogens is 930 g/mol. The number of carbonyl (C=O) groups excluding carboxylic acids is 2. The fourth-order valence-corrected chi connectivity index (χ4v) is 6.41. The molecule has 14 nitrogen and oxygen atoms in total. The third kappa shape index (κ3) is 12.2. The summed E-state index contributed by atoms with van der Waals surface area (Å²) in [7, 11) is 0. The molecule has 8 aromatic rings. The molecule has 4 heterocycles. The average Bonchev–Trinajstić information content (AvgIpc) is 3.97. The zero-order valence-electron chi connectivity index (χ0n) is 36.9. The summed E-state index contributed by atoms with van der Waals surface area (Å²) in [4.78, 5) is 50.0. The smallest absolute Gasteiger partial charge is 0.357 e. The lowest BCUT2D eigenvalue weighted by Crippen LogP contribution is -2.18. The largest absolute Gasteiger partial charge is 0.461 e. The Morgan fingerprint density at radius 1 is 0.701 bits per heavy atom. The average molecular weight is 972 g/mol. The first kappa shape index (κ1) is 48.7. The van der Waals surface area contributed by atoms with Crippen LogP contribution in [-0.2, 0) is 20.7 Å². The van der Waals surface area contributed by atoms with Crippen molar-refractivity contribution in [2.45, 2.75) is 52.7 Å². The first-order valence-corrected chi connectivity index (χ1v) is 21.2. The van der Waals surface area contributed by atoms with Gasteiger partial charge in [-0.1, -0.05) is 58.0 Å². The van der Waals surface area contributed by atoms with Crippen molar-refractivity contribution < 1.29 is 46.9 Å². The van der Waals surface area contributed by atoms with Crippen molar-refractivity contribution in [3.05, 3.63) is 154 Å². The van der Waals surface area contributed by atoms with E-state index in [0.717, 1.165) is 10.0 Å². The van der Waals surface area contributed by atoms with Gasteiger partial charge in [-0.2, -0.15) is 0 Å². The van der Waals surface area contributed by atoms with Crippen LogP contribution in [0.1, 0.15) is 77.5 Å². The van der Waals surface area contributed by atoms with Crippen molar-refractivity contribution in [2.75, 3.05) is 13.2 Å². The second-order valence-corrected chi connectivity index (χ2v) is 15.7. The summed E-state index contributed by atoms with van der Waals surface area (Å²) >= 11 is 3.39. The van der Waals surface area contributed by atoms with Crippen LogP contribution in [-0.4, -0.2) is 65.3 Å². The molecule has 4 aromatic carbocycles. The number of aryl methyl sites for hydroxylation is 2. The third-order valence-electron chi connectivity index (χ3n) is 9.27. The number of hydrogen-bond acceptors (Lipinski definition) is 14. The molecule has 17 heteroatoms. The normalized spacial score (nSPS) is 12.4. The van der Waals surface area contributed by atoms with E-state index in [1.54, 1.807) is 52.0 Å². The van der Waals surface area contributed by atoms with E-state index < -0.39 is 34.8 Å². The lowest BCUT2D eigenvalue weighted by Gasteiger charge is -2.11. The minimum Gasteiger partial charge on any atom is -0.461 e. The van der Waals surface area contributed by atoms with Gasteiger partial charge in [-0.3, -0.25) is 0 Å². The van der Waals surface area contributed by atoms with Crippen LogP contribution in [0.15, 0.2) is 111 Å². The van der Waals surface area contributed by atoms with Crippen LogP contribution in [0.4, 0.5) is 8.78 Å². The number of oxazole rings is 2. The van der Waals surface area contributed by atoms with Gasteiger partial charge in [0.05, 0.1) is 36.6 Å². The predicted molar refractivity (Wildman–Crippen MR) is 247 cm³/mol. The van der Waals surface area contributed by atoms with E-state index in [1.165, 1.54) is 62.6 Å². The van der Waals surface area contributed by atoms with Gasteiger partial charge < -0.3 is 28.5 Å². The molecule has 0 aliphatic rings. The summed E-state index contributed by atoms with van der Waals surface area (Å²) in [6, 6.07) is 22.3. The van der Waals surface area contributed by atoms with Gasteiger partial charge in [-0.05, 0) is 90.1 Å². The molecular formula is C50H41BrF2N6O8. The van der Waals surface area contributed by atoms with Crippen molar-refractivity contribution in [1.29, 1.82) is 0 Å². The molecule has 2 atom stereocenters. The van der Waals surface area contributed by atoms with Crippen LogP contribution in [0.3, 0.4) is 0 Å². The van der Waals surface area contributed by atoms with Crippen LogP contribution >= 0.6 is 15.9 Å². The quantitative estimate of drug-likeness (QED) is 0.108. The topological polar surface area (TPSA) is 197 Å². The van der Waals surface area contributed by atoms with Crippen LogP contribution in [0, 0.1) is 49.7 Å². The number of terminal acetylenes is 1. The number of aliphatic hydroxyl groups is 2. The number of aromatic nitrogens is 6. The van der Waals surface area contributed by atoms with Gasteiger partial charge in [0.1, 0.15) is 23.2 Å². The highest BCUT2D eigenvalue weighted by Crippen LogP contribution is 2.27. The number of ether oxygens (including phenoxy) is 2. The summed E-state index contributed by atoms with van der Waals surface area (Å²) in [6.45, 7) is 10.2. The van der Waals surface area contributed by atoms with Crippen molar-refractivity contribution in [1.82, 2.24) is 29.9 Å². The van der Waals surface area contributed by atoms with Crippen molar-refractivity contribution in [3.8, 4) is 47.0 Å². The van der Waals surface area contributed by atoms with Gasteiger partial charge in [-0.15, -0.1) is 6.42 Å². The zero-order chi connectivity index (χ0) is 48.5. The van der Waals surface area contributed by atoms with Crippen molar-refractivity contribution in [2.24, 2.45) is 0 Å². The molecule has 67 heavy (non-hydrogen) atoms. The molecule has 340 valence electrons. The minimum absolute atomic E-state index is 0.0514. The predicted octanol–water partition coefficient (Wildman–Crippen LogP) is 9.37. The van der Waals surface area contributed by atoms with Crippen LogP contribution in [0.25, 0.3) is 44.6 Å². The minimum atomic E-state index is -1.58. The molecule has 0 unspecified atom stereocenters. The Balaban J connectivity index is 0.000000188. The molecule has 0 amide bonds. The fraction of sp³-hybridized carbons (Fsp3) is 0.200. The van der Waals surface area contributed by atoms with Gasteiger partial charge in [0.15, 0.2) is 34.2 Å². The Hall–Kier alpha value is -7.70. The number of fused-ring (bicyclic) bond motifs is 2. The Bertz CT molecular complexity index is 3220. The molecule has 2 N–H and O–H groups in total. The second kappa shape index (κ2) is 21.1. The van der Waals surface area contributed by atoms with Gasteiger partial charge in [-0.25, -0.2) is 48.3 Å². The molecule has 0 radical (unpaired) electrons. The van der Waals surface area contributed by atoms with E-state index in [0.29, 0.717) is 44.8 Å². The standard InChI is InChI=1S/C25H20FN3O4.C17H12BrFN2O2.C8H9NO2/c1-4-32-23(30)21-19-9-8-18(26)13-20(19)28-22(29-21)17-7-5-6-16(12-17)10-11-25(3,31)24-27-14-15(2)33-24;1-2-23-17(22)15-13-7-6-12(19)9-14(13)20-16(21-15)10-4-3-5-11(18)8-10;1-4-8(3,10)7-9-5-6(2)11-7/h5-9,12-14,31H,4H2,1-3H3;3-9H,2H2,1H3;1,5,10H,2-3H3/t25-;;8-/m0.0/s1. The summed E-state index contributed by atoms with van der Waals surface area (Å²) in [5, 5.41) is 20.9. The molecule has 0 saturated heterocycles. The van der Waals surface area contributed by atoms with Gasteiger partial charge in [0.2, 0.25) is 11.8 Å². The Kier molecular flexibility index (Phi) is 15.3. The first-order chi connectivity index (χ1) is 31.9. The zero-order valence-corrected chi connectivity index (χ0v) is 38.5. The number of halogens is 3. The number of rotatable bonds is 8.